The monoisotopic (exact) mass is 384 g/mol. The minimum Gasteiger partial charge on any atom is -0.383 e. The molecule has 108 valence electrons. The van der Waals surface area contributed by atoms with Crippen LogP contribution in [-0.4, -0.2) is 20.1 Å². The Labute approximate surface area is 136 Å². The second-order valence-electron chi connectivity index (χ2n) is 3.93. The van der Waals surface area contributed by atoms with Crippen LogP contribution in [0.2, 0.25) is 0 Å². The van der Waals surface area contributed by atoms with Crippen LogP contribution < -0.4 is 11.5 Å². The molecule has 0 atom stereocenters. The Morgan fingerprint density at radius 3 is 2.62 bits per heavy atom. The fourth-order valence-electron chi connectivity index (χ4n) is 1.50. The lowest BCUT2D eigenvalue weighted by Gasteiger charge is -2.00. The largest absolute Gasteiger partial charge is 0.383 e. The molecule has 4 N–H and O–H groups in total. The number of nitrogen functional groups attached to an aromatic ring is 2. The average molecular weight is 385 g/mol. The predicted octanol–water partition coefficient (Wildman–Crippen LogP) is 2.81. The van der Waals surface area contributed by atoms with E-state index in [4.69, 9.17) is 16.0 Å². The molecule has 3 aromatic rings. The van der Waals surface area contributed by atoms with E-state index in [2.05, 4.69) is 36.0 Å². The summed E-state index contributed by atoms with van der Waals surface area (Å²) in [7, 11) is 0. The molecule has 10 heteroatoms. The zero-order valence-corrected chi connectivity index (χ0v) is 13.7. The number of anilines is 2. The number of hydrogen-bond donors (Lipinski definition) is 2. The maximum atomic E-state index is 5.61. The van der Waals surface area contributed by atoms with Gasteiger partial charge in [-0.05, 0) is 22.0 Å². The third-order valence-electron chi connectivity index (χ3n) is 2.33. The van der Waals surface area contributed by atoms with E-state index >= 15 is 0 Å². The van der Waals surface area contributed by atoms with Crippen molar-refractivity contribution >= 4 is 50.7 Å². The highest BCUT2D eigenvalue weighted by molar-refractivity contribution is 9.10. The highest BCUT2D eigenvalue weighted by atomic mass is 79.9. The van der Waals surface area contributed by atoms with Gasteiger partial charge in [-0.3, -0.25) is 0 Å². The summed E-state index contributed by atoms with van der Waals surface area (Å²) in [5.41, 5.74) is 11.2. The molecule has 0 saturated heterocycles. The van der Waals surface area contributed by atoms with Crippen LogP contribution in [0.5, 0.6) is 0 Å². The topological polar surface area (TPSA) is 117 Å². The van der Waals surface area contributed by atoms with Crippen LogP contribution in [0.1, 0.15) is 5.89 Å². The molecule has 0 fully saturated rings. The number of nitrogens with two attached hydrogens (primary N) is 2. The SMILES string of the molecule is Nc1cc(N)nc(SCc2nc(-c3cc(Br)cs3)no2)n1. The molecule has 3 aromatic heterocycles. The second-order valence-corrected chi connectivity index (χ2v) is 6.70. The lowest BCUT2D eigenvalue weighted by molar-refractivity contribution is 0.391. The summed E-state index contributed by atoms with van der Waals surface area (Å²) in [6.07, 6.45) is 0. The molecule has 7 nitrogen and oxygen atoms in total. The van der Waals surface area contributed by atoms with E-state index < -0.39 is 0 Å². The number of nitrogens with zero attached hydrogens (tertiary/aromatic N) is 4. The van der Waals surface area contributed by atoms with E-state index in [-0.39, 0.29) is 0 Å². The second kappa shape index (κ2) is 6.00. The highest BCUT2D eigenvalue weighted by Crippen LogP contribution is 2.28. The molecular formula is C11H9BrN6OS2. The van der Waals surface area contributed by atoms with Gasteiger partial charge in [0.1, 0.15) is 11.6 Å². The number of hydrogen-bond acceptors (Lipinski definition) is 9. The molecular weight excluding hydrogens is 376 g/mol. The summed E-state index contributed by atoms with van der Waals surface area (Å²) in [6, 6.07) is 3.44. The molecule has 3 heterocycles. The van der Waals surface area contributed by atoms with Gasteiger partial charge in [0.15, 0.2) is 5.16 Å². The van der Waals surface area contributed by atoms with Crippen LogP contribution in [0.15, 0.2) is 31.7 Å². The lowest BCUT2D eigenvalue weighted by atomic mass is 10.4. The van der Waals surface area contributed by atoms with Crippen LogP contribution in [-0.2, 0) is 5.75 Å². The van der Waals surface area contributed by atoms with E-state index in [9.17, 15) is 0 Å². The van der Waals surface area contributed by atoms with E-state index in [1.807, 2.05) is 11.4 Å². The van der Waals surface area contributed by atoms with Crippen molar-refractivity contribution in [1.82, 2.24) is 20.1 Å². The van der Waals surface area contributed by atoms with Crippen molar-refractivity contribution in [3.8, 4) is 10.7 Å². The molecule has 0 aromatic carbocycles. The van der Waals surface area contributed by atoms with Gasteiger partial charge in [-0.15, -0.1) is 11.3 Å². The fourth-order valence-corrected chi connectivity index (χ4v) is 3.56. The molecule has 0 aliphatic rings. The predicted molar refractivity (Wildman–Crippen MR) is 85.7 cm³/mol. The minimum atomic E-state index is 0.333. The zero-order valence-electron chi connectivity index (χ0n) is 10.5. The minimum absolute atomic E-state index is 0.333. The number of aromatic nitrogens is 4. The van der Waals surface area contributed by atoms with Gasteiger partial charge in [0.2, 0.25) is 11.7 Å². The Morgan fingerprint density at radius 1 is 1.19 bits per heavy atom. The van der Waals surface area contributed by atoms with Crippen molar-refractivity contribution < 1.29 is 4.52 Å². The van der Waals surface area contributed by atoms with Gasteiger partial charge < -0.3 is 16.0 Å². The summed E-state index contributed by atoms with van der Waals surface area (Å²) >= 11 is 6.26. The standard InChI is InChI=1S/C11H9BrN6OS2/c12-5-1-6(20-3-5)10-17-9(19-18-10)4-21-11-15-7(13)2-8(14)16-11/h1-3H,4H2,(H4,13,14,15,16). The van der Waals surface area contributed by atoms with Gasteiger partial charge in [0, 0.05) is 15.9 Å². The van der Waals surface area contributed by atoms with Gasteiger partial charge in [-0.2, -0.15) is 4.98 Å². The number of thiophene rings is 1. The molecule has 0 saturated carbocycles. The van der Waals surface area contributed by atoms with Crippen LogP contribution in [0, 0.1) is 0 Å². The third kappa shape index (κ3) is 3.52. The Morgan fingerprint density at radius 2 is 1.95 bits per heavy atom. The first-order valence-electron chi connectivity index (χ1n) is 5.70. The van der Waals surface area contributed by atoms with E-state index in [0.717, 1.165) is 9.35 Å². The van der Waals surface area contributed by atoms with Crippen molar-refractivity contribution in [1.29, 1.82) is 0 Å². The Kier molecular flexibility index (Phi) is 4.08. The molecule has 0 unspecified atom stereocenters. The van der Waals surface area contributed by atoms with Crippen LogP contribution >= 0.6 is 39.0 Å². The van der Waals surface area contributed by atoms with Gasteiger partial charge in [0.25, 0.3) is 0 Å². The van der Waals surface area contributed by atoms with E-state index in [0.29, 0.717) is 34.3 Å². The van der Waals surface area contributed by atoms with Crippen molar-refractivity contribution in [2.75, 3.05) is 11.5 Å². The molecule has 0 spiro atoms. The van der Waals surface area contributed by atoms with Crippen molar-refractivity contribution in [3.05, 3.63) is 27.9 Å². The first-order chi connectivity index (χ1) is 10.1. The quantitative estimate of drug-likeness (QED) is 0.520. The van der Waals surface area contributed by atoms with E-state index in [1.165, 1.54) is 29.2 Å². The first-order valence-corrected chi connectivity index (χ1v) is 8.36. The van der Waals surface area contributed by atoms with Gasteiger partial charge >= 0.3 is 0 Å². The summed E-state index contributed by atoms with van der Waals surface area (Å²) in [6.45, 7) is 0. The van der Waals surface area contributed by atoms with Gasteiger partial charge in [-0.25, -0.2) is 9.97 Å². The zero-order chi connectivity index (χ0) is 14.8. The lowest BCUT2D eigenvalue weighted by Crippen LogP contribution is -1.99. The first kappa shape index (κ1) is 14.3. The van der Waals surface area contributed by atoms with Crippen molar-refractivity contribution in [2.24, 2.45) is 0 Å². The van der Waals surface area contributed by atoms with Crippen LogP contribution in [0.4, 0.5) is 11.6 Å². The summed E-state index contributed by atoms with van der Waals surface area (Å²) in [5.74, 6) is 2.17. The van der Waals surface area contributed by atoms with Gasteiger partial charge in [0.05, 0.1) is 10.6 Å². The van der Waals surface area contributed by atoms with E-state index in [1.54, 1.807) is 0 Å². The van der Waals surface area contributed by atoms with Gasteiger partial charge in [-0.1, -0.05) is 16.9 Å². The molecule has 0 aliphatic carbocycles. The average Bonchev–Trinajstić information content (AvgIpc) is 3.04. The Balaban J connectivity index is 1.70. The molecule has 3 rings (SSSR count). The smallest absolute Gasteiger partial charge is 0.237 e. The molecule has 0 aliphatic heterocycles. The van der Waals surface area contributed by atoms with Crippen molar-refractivity contribution in [2.45, 2.75) is 10.9 Å². The molecule has 0 amide bonds. The number of thioether (sulfide) groups is 1. The van der Waals surface area contributed by atoms with Crippen LogP contribution in [0.25, 0.3) is 10.7 Å². The van der Waals surface area contributed by atoms with Crippen molar-refractivity contribution in [3.63, 3.8) is 0 Å². The van der Waals surface area contributed by atoms with Crippen LogP contribution in [0.3, 0.4) is 0 Å². The molecule has 0 radical (unpaired) electrons. The third-order valence-corrected chi connectivity index (χ3v) is 4.85. The fraction of sp³-hybridized carbons (Fsp3) is 0.0909. The number of rotatable bonds is 4. The molecule has 0 bridgehead atoms. The number of halogens is 1. The maximum absolute atomic E-state index is 5.61. The maximum Gasteiger partial charge on any atom is 0.237 e. The Bertz CT molecular complexity index is 753. The molecule has 21 heavy (non-hydrogen) atoms. The normalized spacial score (nSPS) is 10.9. The summed E-state index contributed by atoms with van der Waals surface area (Å²) in [4.78, 5) is 13.4. The Hall–Kier alpha value is -1.65. The summed E-state index contributed by atoms with van der Waals surface area (Å²) in [5, 5.41) is 6.39. The highest BCUT2D eigenvalue weighted by Gasteiger charge is 2.12. The summed E-state index contributed by atoms with van der Waals surface area (Å²) < 4.78 is 6.19.